The van der Waals surface area contributed by atoms with Gasteiger partial charge in [-0.25, -0.2) is 0 Å². The summed E-state index contributed by atoms with van der Waals surface area (Å²) in [6.45, 7) is 0. The molecule has 0 bridgehead atoms. The molecule has 0 amide bonds. The molecule has 0 fully saturated rings. The summed E-state index contributed by atoms with van der Waals surface area (Å²) in [5.41, 5.74) is 3.28. The molecule has 1 nitrogen and oxygen atoms in total. The van der Waals surface area contributed by atoms with Crippen LogP contribution < -0.4 is 10.6 Å². The van der Waals surface area contributed by atoms with Crippen LogP contribution in [0.2, 0.25) is 0 Å². The van der Waals surface area contributed by atoms with E-state index in [1.54, 1.807) is 0 Å². The smallest absolute Gasteiger partial charge is 0.135 e. The molecule has 2 heteroatoms. The van der Waals surface area contributed by atoms with E-state index in [0.29, 0.717) is 5.92 Å². The summed E-state index contributed by atoms with van der Waals surface area (Å²) in [6, 6.07) is 8.20. The minimum atomic E-state index is 0.385. The Morgan fingerprint density at radius 2 is 2.06 bits per heavy atom. The topological polar surface area (TPSA) is 13.1 Å². The lowest BCUT2D eigenvalue weighted by atomic mass is 9.87. The Morgan fingerprint density at radius 3 is 3.00 bits per heavy atom. The summed E-state index contributed by atoms with van der Waals surface area (Å²) in [4.78, 5) is 0. The van der Waals surface area contributed by atoms with E-state index in [0.717, 1.165) is 22.5 Å². The third-order valence-electron chi connectivity index (χ3n) is 3.65. The van der Waals surface area contributed by atoms with E-state index in [1.165, 1.54) is 16.2 Å². The highest BCUT2D eigenvalue weighted by molar-refractivity contribution is 6.31. The maximum atomic E-state index is 6.08. The molecular formula is C16H11ClO. The van der Waals surface area contributed by atoms with Gasteiger partial charge in [-0.3, -0.25) is 0 Å². The number of furan rings is 1. The van der Waals surface area contributed by atoms with Crippen LogP contribution in [0.3, 0.4) is 0 Å². The van der Waals surface area contributed by atoms with Crippen molar-refractivity contribution >= 4 is 34.2 Å². The zero-order valence-corrected chi connectivity index (χ0v) is 10.4. The Balaban J connectivity index is 2.18. The summed E-state index contributed by atoms with van der Waals surface area (Å²) in [7, 11) is 0. The summed E-state index contributed by atoms with van der Waals surface area (Å²) in [5.74, 6) is 0.385. The number of halogens is 1. The van der Waals surface area contributed by atoms with Gasteiger partial charge in [0.2, 0.25) is 0 Å². The van der Waals surface area contributed by atoms with Crippen molar-refractivity contribution in [1.29, 1.82) is 0 Å². The molecule has 0 radical (unpaired) electrons. The number of rotatable bonds is 0. The summed E-state index contributed by atoms with van der Waals surface area (Å²) in [6.07, 6.45) is 9.34. The first-order chi connectivity index (χ1) is 8.83. The fourth-order valence-electron chi connectivity index (χ4n) is 2.83. The van der Waals surface area contributed by atoms with Crippen molar-refractivity contribution in [3.05, 3.63) is 58.2 Å². The number of hydrogen-bond donors (Lipinski definition) is 0. The molecule has 1 aromatic heterocycles. The Hall–Kier alpha value is -1.73. The normalized spacial score (nSPS) is 21.3. The van der Waals surface area contributed by atoms with Crippen molar-refractivity contribution in [3.63, 3.8) is 0 Å². The lowest BCUT2D eigenvalue weighted by Gasteiger charge is -2.18. The molecule has 2 aliphatic rings. The molecule has 1 atom stereocenters. The second kappa shape index (κ2) is 3.63. The SMILES string of the molecule is ClC1=CC2CC=c3oc4ccccc4c3=C2C=C1. The van der Waals surface area contributed by atoms with Crippen LogP contribution >= 0.6 is 11.6 Å². The van der Waals surface area contributed by atoms with Gasteiger partial charge in [0.15, 0.2) is 0 Å². The molecule has 1 unspecified atom stereocenters. The Kier molecular flexibility index (Phi) is 2.06. The van der Waals surface area contributed by atoms with E-state index < -0.39 is 0 Å². The predicted octanol–water partition coefficient (Wildman–Crippen LogP) is 3.08. The third-order valence-corrected chi connectivity index (χ3v) is 3.90. The summed E-state index contributed by atoms with van der Waals surface area (Å²) < 4.78 is 5.90. The lowest BCUT2D eigenvalue weighted by molar-refractivity contribution is 0.568. The van der Waals surface area contributed by atoms with E-state index in [2.05, 4.69) is 30.4 Å². The maximum absolute atomic E-state index is 6.08. The monoisotopic (exact) mass is 254 g/mol. The van der Waals surface area contributed by atoms with E-state index in [9.17, 15) is 0 Å². The molecule has 0 spiro atoms. The van der Waals surface area contributed by atoms with Gasteiger partial charge >= 0.3 is 0 Å². The lowest BCUT2D eigenvalue weighted by Crippen LogP contribution is -2.29. The number of fused-ring (bicyclic) bond motifs is 4. The molecule has 1 aromatic carbocycles. The molecule has 88 valence electrons. The molecule has 2 aromatic rings. The second-order valence-electron chi connectivity index (χ2n) is 4.72. The Labute approximate surface area is 109 Å². The molecule has 18 heavy (non-hydrogen) atoms. The van der Waals surface area contributed by atoms with Crippen LogP contribution in [-0.4, -0.2) is 0 Å². The molecule has 4 rings (SSSR count). The first-order valence-electron chi connectivity index (χ1n) is 6.10. The van der Waals surface area contributed by atoms with Gasteiger partial charge in [-0.05, 0) is 30.2 Å². The van der Waals surface area contributed by atoms with Gasteiger partial charge in [-0.1, -0.05) is 42.0 Å². The highest BCUT2D eigenvalue weighted by Crippen LogP contribution is 2.29. The first-order valence-corrected chi connectivity index (χ1v) is 6.48. The van der Waals surface area contributed by atoms with Crippen LogP contribution in [0.1, 0.15) is 6.42 Å². The van der Waals surface area contributed by atoms with Gasteiger partial charge in [-0.2, -0.15) is 0 Å². The van der Waals surface area contributed by atoms with Crippen molar-refractivity contribution in [3.8, 4) is 0 Å². The largest absolute Gasteiger partial charge is 0.456 e. The van der Waals surface area contributed by atoms with Crippen LogP contribution in [0.15, 0.2) is 51.9 Å². The van der Waals surface area contributed by atoms with E-state index in [4.69, 9.17) is 16.0 Å². The van der Waals surface area contributed by atoms with Gasteiger partial charge in [0.1, 0.15) is 11.0 Å². The second-order valence-corrected chi connectivity index (χ2v) is 5.16. The molecule has 0 saturated carbocycles. The number of para-hydroxylation sites is 1. The molecule has 0 saturated heterocycles. The fourth-order valence-corrected chi connectivity index (χ4v) is 3.05. The van der Waals surface area contributed by atoms with Gasteiger partial charge in [0, 0.05) is 21.6 Å². The Morgan fingerprint density at radius 1 is 1.17 bits per heavy atom. The molecule has 2 aliphatic carbocycles. The van der Waals surface area contributed by atoms with Crippen LogP contribution in [0.4, 0.5) is 0 Å². The standard InChI is InChI=1S/C16H11ClO/c17-11-6-7-12-10(9-11)5-8-15-16(12)13-3-1-2-4-14(13)18-15/h1-4,6-10H,5H2. The zero-order valence-electron chi connectivity index (χ0n) is 9.69. The average Bonchev–Trinajstić information content (AvgIpc) is 2.77. The van der Waals surface area contributed by atoms with E-state index in [-0.39, 0.29) is 0 Å². The van der Waals surface area contributed by atoms with Crippen LogP contribution in [0, 0.1) is 5.92 Å². The maximum Gasteiger partial charge on any atom is 0.135 e. The summed E-state index contributed by atoms with van der Waals surface area (Å²) in [5, 5.41) is 3.26. The van der Waals surface area contributed by atoms with E-state index in [1.807, 2.05) is 18.2 Å². The number of benzene rings is 1. The molecule has 0 aliphatic heterocycles. The van der Waals surface area contributed by atoms with Crippen molar-refractivity contribution < 1.29 is 4.42 Å². The van der Waals surface area contributed by atoms with Gasteiger partial charge in [0.05, 0.1) is 0 Å². The highest BCUT2D eigenvalue weighted by Gasteiger charge is 2.20. The Bertz CT molecular complexity index is 820. The van der Waals surface area contributed by atoms with E-state index >= 15 is 0 Å². The fraction of sp³-hybridized carbons (Fsp3) is 0.125. The minimum Gasteiger partial charge on any atom is -0.456 e. The predicted molar refractivity (Wildman–Crippen MR) is 74.5 cm³/mol. The number of allylic oxidation sites excluding steroid dienone is 4. The third kappa shape index (κ3) is 1.34. The molecule has 0 N–H and O–H groups in total. The highest BCUT2D eigenvalue weighted by atomic mass is 35.5. The summed E-state index contributed by atoms with van der Waals surface area (Å²) >= 11 is 6.08. The van der Waals surface area contributed by atoms with Crippen LogP contribution in [-0.2, 0) is 0 Å². The van der Waals surface area contributed by atoms with Gasteiger partial charge in [0.25, 0.3) is 0 Å². The van der Waals surface area contributed by atoms with Crippen molar-refractivity contribution in [1.82, 2.24) is 0 Å². The number of hydrogen-bond acceptors (Lipinski definition) is 1. The zero-order chi connectivity index (χ0) is 12.1. The minimum absolute atomic E-state index is 0.385. The van der Waals surface area contributed by atoms with Gasteiger partial charge < -0.3 is 4.42 Å². The van der Waals surface area contributed by atoms with Crippen molar-refractivity contribution in [2.75, 3.05) is 0 Å². The van der Waals surface area contributed by atoms with Crippen LogP contribution in [0.25, 0.3) is 22.6 Å². The molecule has 1 heterocycles. The molecular weight excluding hydrogens is 244 g/mol. The first kappa shape index (κ1) is 10.2. The van der Waals surface area contributed by atoms with Crippen LogP contribution in [0.5, 0.6) is 0 Å². The van der Waals surface area contributed by atoms with Crippen molar-refractivity contribution in [2.45, 2.75) is 6.42 Å². The van der Waals surface area contributed by atoms with Gasteiger partial charge in [-0.15, -0.1) is 0 Å². The van der Waals surface area contributed by atoms with Crippen molar-refractivity contribution in [2.24, 2.45) is 5.92 Å². The average molecular weight is 255 g/mol. The quantitative estimate of drug-likeness (QED) is 0.704.